The number of nitrogens with two attached hydrogens (primary N) is 1. The van der Waals surface area contributed by atoms with E-state index in [-0.39, 0.29) is 24.0 Å². The van der Waals surface area contributed by atoms with Gasteiger partial charge in [0.05, 0.1) is 13.2 Å². The van der Waals surface area contributed by atoms with E-state index in [1.807, 2.05) is 6.92 Å². The van der Waals surface area contributed by atoms with Crippen molar-refractivity contribution in [3.8, 4) is 0 Å². The highest BCUT2D eigenvalue weighted by atomic mass is 127. The van der Waals surface area contributed by atoms with E-state index in [0.29, 0.717) is 25.0 Å². The quantitative estimate of drug-likeness (QED) is 0.323. The molecule has 0 saturated carbocycles. The summed E-state index contributed by atoms with van der Waals surface area (Å²) in [6, 6.07) is 0. The number of ether oxygens (including phenoxy) is 1. The average Bonchev–Trinajstić information content (AvgIpc) is 2.11. The molecule has 0 aliphatic rings. The summed E-state index contributed by atoms with van der Waals surface area (Å²) in [6.45, 7) is 9.27. The maximum Gasteiger partial charge on any atom is 0.188 e. The van der Waals surface area contributed by atoms with Crippen LogP contribution in [0.5, 0.6) is 0 Å². The highest BCUT2D eigenvalue weighted by molar-refractivity contribution is 14.0. The number of halogens is 1. The molecular weight excluding hydrogens is 305 g/mol. The molecule has 15 heavy (non-hydrogen) atoms. The Balaban J connectivity index is 0. The molecule has 0 spiro atoms. The lowest BCUT2D eigenvalue weighted by Crippen LogP contribution is -2.31. The zero-order valence-electron chi connectivity index (χ0n) is 9.95. The molecule has 0 unspecified atom stereocenters. The number of hydrogen-bond acceptors (Lipinski definition) is 2. The second kappa shape index (κ2) is 12.0. The first kappa shape index (κ1) is 17.4. The van der Waals surface area contributed by atoms with E-state index in [0.717, 1.165) is 19.6 Å². The summed E-state index contributed by atoms with van der Waals surface area (Å²) in [6.07, 6.45) is 1.10. The number of rotatable bonds is 7. The van der Waals surface area contributed by atoms with Gasteiger partial charge in [0.25, 0.3) is 0 Å². The molecule has 0 atom stereocenters. The van der Waals surface area contributed by atoms with Gasteiger partial charge >= 0.3 is 0 Å². The topological polar surface area (TPSA) is 59.6 Å². The normalized spacial score (nSPS) is 11.3. The van der Waals surface area contributed by atoms with E-state index < -0.39 is 0 Å². The molecule has 3 N–H and O–H groups in total. The Labute approximate surface area is 110 Å². The van der Waals surface area contributed by atoms with Crippen LogP contribution in [-0.4, -0.2) is 32.3 Å². The predicted octanol–water partition coefficient (Wildman–Crippen LogP) is 1.59. The van der Waals surface area contributed by atoms with Crippen LogP contribution in [0.15, 0.2) is 4.99 Å². The van der Waals surface area contributed by atoms with Crippen LogP contribution in [0.4, 0.5) is 0 Å². The van der Waals surface area contributed by atoms with Crippen LogP contribution in [0.3, 0.4) is 0 Å². The van der Waals surface area contributed by atoms with Crippen molar-refractivity contribution in [1.82, 2.24) is 5.32 Å². The molecule has 0 rings (SSSR count). The molecule has 0 aliphatic heterocycles. The number of guanidine groups is 1. The van der Waals surface area contributed by atoms with Crippen molar-refractivity contribution >= 4 is 29.9 Å². The van der Waals surface area contributed by atoms with Gasteiger partial charge in [0, 0.05) is 13.2 Å². The van der Waals surface area contributed by atoms with Gasteiger partial charge in [-0.25, -0.2) is 0 Å². The Kier molecular flexibility index (Phi) is 13.9. The SMILES string of the molecule is CCNC(N)=NCCOCCC(C)C.I. The van der Waals surface area contributed by atoms with E-state index in [1.165, 1.54) is 0 Å². The third-order valence-electron chi connectivity index (χ3n) is 1.72. The third-order valence-corrected chi connectivity index (χ3v) is 1.72. The molecule has 0 heterocycles. The summed E-state index contributed by atoms with van der Waals surface area (Å²) in [5.74, 6) is 1.20. The molecule has 0 aromatic carbocycles. The number of nitrogens with one attached hydrogen (secondary N) is 1. The smallest absolute Gasteiger partial charge is 0.188 e. The molecule has 0 amide bonds. The number of nitrogens with zero attached hydrogens (tertiary/aromatic N) is 1. The first-order chi connectivity index (χ1) is 6.66. The summed E-state index contributed by atoms with van der Waals surface area (Å²) >= 11 is 0. The predicted molar refractivity (Wildman–Crippen MR) is 75.9 cm³/mol. The van der Waals surface area contributed by atoms with Crippen LogP contribution >= 0.6 is 24.0 Å². The first-order valence-electron chi connectivity index (χ1n) is 5.28. The van der Waals surface area contributed by atoms with Crippen molar-refractivity contribution in [2.45, 2.75) is 27.2 Å². The fourth-order valence-electron chi connectivity index (χ4n) is 0.889. The number of hydrogen-bond donors (Lipinski definition) is 2. The summed E-state index contributed by atoms with van der Waals surface area (Å²) < 4.78 is 5.38. The van der Waals surface area contributed by atoms with Gasteiger partial charge in [-0.1, -0.05) is 13.8 Å². The minimum absolute atomic E-state index is 0. The first-order valence-corrected chi connectivity index (χ1v) is 5.28. The van der Waals surface area contributed by atoms with Gasteiger partial charge in [-0.2, -0.15) is 0 Å². The average molecular weight is 329 g/mol. The van der Waals surface area contributed by atoms with E-state index >= 15 is 0 Å². The van der Waals surface area contributed by atoms with Crippen molar-refractivity contribution in [3.63, 3.8) is 0 Å². The van der Waals surface area contributed by atoms with Crippen LogP contribution in [-0.2, 0) is 4.74 Å². The molecule has 0 aromatic heterocycles. The lowest BCUT2D eigenvalue weighted by Gasteiger charge is -2.05. The zero-order chi connectivity index (χ0) is 10.8. The summed E-state index contributed by atoms with van der Waals surface area (Å²) in [7, 11) is 0. The molecule has 4 nitrogen and oxygen atoms in total. The minimum Gasteiger partial charge on any atom is -0.380 e. The van der Waals surface area contributed by atoms with Gasteiger partial charge in [-0.15, -0.1) is 24.0 Å². The Morgan fingerprint density at radius 3 is 2.60 bits per heavy atom. The summed E-state index contributed by atoms with van der Waals surface area (Å²) in [4.78, 5) is 4.09. The summed E-state index contributed by atoms with van der Waals surface area (Å²) in [5, 5.41) is 2.93. The van der Waals surface area contributed by atoms with Crippen LogP contribution in [0.25, 0.3) is 0 Å². The number of aliphatic imine (C=N–C) groups is 1. The molecule has 0 radical (unpaired) electrons. The van der Waals surface area contributed by atoms with E-state index in [2.05, 4.69) is 24.2 Å². The minimum atomic E-state index is 0. The van der Waals surface area contributed by atoms with Crippen LogP contribution in [0, 0.1) is 5.92 Å². The largest absolute Gasteiger partial charge is 0.380 e. The Bertz CT molecular complexity index is 163. The van der Waals surface area contributed by atoms with Crippen LogP contribution in [0.2, 0.25) is 0 Å². The Morgan fingerprint density at radius 2 is 2.07 bits per heavy atom. The third kappa shape index (κ3) is 14.0. The second-order valence-corrected chi connectivity index (χ2v) is 3.59. The molecule has 0 bridgehead atoms. The molecule has 0 saturated heterocycles. The molecule has 0 aromatic rings. The van der Waals surface area contributed by atoms with Gasteiger partial charge in [0.2, 0.25) is 0 Å². The van der Waals surface area contributed by atoms with Crippen molar-refractivity contribution < 1.29 is 4.74 Å². The van der Waals surface area contributed by atoms with Crippen LogP contribution < -0.4 is 11.1 Å². The molecule has 5 heteroatoms. The Morgan fingerprint density at radius 1 is 1.40 bits per heavy atom. The van der Waals surface area contributed by atoms with E-state index in [1.54, 1.807) is 0 Å². The molecule has 0 fully saturated rings. The second-order valence-electron chi connectivity index (χ2n) is 3.59. The van der Waals surface area contributed by atoms with Gasteiger partial charge in [-0.3, -0.25) is 4.99 Å². The van der Waals surface area contributed by atoms with Crippen molar-refractivity contribution in [3.05, 3.63) is 0 Å². The van der Waals surface area contributed by atoms with Crippen molar-refractivity contribution in [1.29, 1.82) is 0 Å². The maximum absolute atomic E-state index is 5.53. The van der Waals surface area contributed by atoms with Crippen molar-refractivity contribution in [2.75, 3.05) is 26.3 Å². The molecule has 92 valence electrons. The van der Waals surface area contributed by atoms with Crippen LogP contribution in [0.1, 0.15) is 27.2 Å². The highest BCUT2D eigenvalue weighted by Crippen LogP contribution is 1.98. The highest BCUT2D eigenvalue weighted by Gasteiger charge is 1.93. The fraction of sp³-hybridized carbons (Fsp3) is 0.900. The van der Waals surface area contributed by atoms with Gasteiger partial charge in [-0.05, 0) is 19.3 Å². The van der Waals surface area contributed by atoms with Gasteiger partial charge in [0.1, 0.15) is 0 Å². The maximum atomic E-state index is 5.53. The lowest BCUT2D eigenvalue weighted by atomic mass is 10.1. The van der Waals surface area contributed by atoms with E-state index in [4.69, 9.17) is 10.5 Å². The van der Waals surface area contributed by atoms with Gasteiger partial charge in [0.15, 0.2) is 5.96 Å². The molecular formula is C10H24IN3O. The molecule has 0 aliphatic carbocycles. The van der Waals surface area contributed by atoms with E-state index in [9.17, 15) is 0 Å². The fourth-order valence-corrected chi connectivity index (χ4v) is 0.889. The van der Waals surface area contributed by atoms with Gasteiger partial charge < -0.3 is 15.8 Å². The summed E-state index contributed by atoms with van der Waals surface area (Å²) in [5.41, 5.74) is 5.53. The zero-order valence-corrected chi connectivity index (χ0v) is 12.3. The van der Waals surface area contributed by atoms with Crippen molar-refractivity contribution in [2.24, 2.45) is 16.6 Å². The standard InChI is InChI=1S/C10H23N3O.HI/c1-4-12-10(11)13-6-8-14-7-5-9(2)3;/h9H,4-8H2,1-3H3,(H3,11,12,13);1H. The monoisotopic (exact) mass is 329 g/mol. The Hall–Kier alpha value is -0.0400. The lowest BCUT2D eigenvalue weighted by molar-refractivity contribution is 0.130.